The van der Waals surface area contributed by atoms with E-state index in [2.05, 4.69) is 0 Å². The Kier molecular flexibility index (Phi) is 17.8. The number of carboxylic acid groups (broad SMARTS) is 3. The third kappa shape index (κ3) is 5.52. The molecule has 0 saturated carbocycles. The fraction of sp³-hybridized carbons (Fsp3) is 0.500. The van der Waals surface area contributed by atoms with Gasteiger partial charge in [-0.25, -0.2) is 0 Å². The van der Waals surface area contributed by atoms with Crippen LogP contribution in [0.25, 0.3) is 0 Å². The molecule has 0 unspecified atom stereocenters. The molecule has 0 bridgehead atoms. The van der Waals surface area contributed by atoms with Crippen LogP contribution in [0.2, 0.25) is 0 Å². The molecule has 0 spiro atoms. The summed E-state index contributed by atoms with van der Waals surface area (Å²) < 4.78 is 0. The molecule has 0 saturated heterocycles. The van der Waals surface area contributed by atoms with Gasteiger partial charge in [0.05, 0.1) is 23.3 Å². The van der Waals surface area contributed by atoms with Crippen LogP contribution in [0.3, 0.4) is 0 Å². The molecule has 0 heterocycles. The molecule has 0 fully saturated rings. The van der Waals surface area contributed by atoms with E-state index in [1.165, 1.54) is 0 Å². The maximum absolute atomic E-state index is 10.2. The predicted octanol–water partition coefficient (Wildman–Crippen LogP) is -13.4. The van der Waals surface area contributed by atoms with Crippen LogP contribution in [0.1, 0.15) is 13.3 Å². The van der Waals surface area contributed by atoms with Crippen molar-refractivity contribution >= 4 is 17.9 Å². The number of hydrogen-bond donors (Lipinski definition) is 0. The molecule has 9 heteroatoms. The van der Waals surface area contributed by atoms with Crippen LogP contribution in [0.5, 0.6) is 0 Å². The van der Waals surface area contributed by atoms with Crippen molar-refractivity contribution in [2.45, 2.75) is 13.3 Å². The Morgan fingerprint density at radius 1 is 0.867 bits per heavy atom. The van der Waals surface area contributed by atoms with E-state index in [4.69, 9.17) is 0 Å². The third-order valence-corrected chi connectivity index (χ3v) is 1.58. The van der Waals surface area contributed by atoms with Gasteiger partial charge in [-0.15, -0.1) is 0 Å². The zero-order chi connectivity index (χ0) is 9.94. The maximum atomic E-state index is 10.2. The number of carbonyl (C=O) groups excluding carboxylic acids is 3. The van der Waals surface area contributed by atoms with Gasteiger partial charge in [-0.05, 0) is 6.42 Å². The van der Waals surface area contributed by atoms with Crippen molar-refractivity contribution in [3.63, 3.8) is 0 Å². The molecular weight excluding hydrogens is 237 g/mol. The third-order valence-electron chi connectivity index (χ3n) is 1.58. The summed E-state index contributed by atoms with van der Waals surface area (Å²) in [5.41, 5.74) is -3.04. The van der Waals surface area contributed by atoms with E-state index in [1.54, 1.807) is 0 Å². The number of carboxylic acids is 3. The first-order valence-corrected chi connectivity index (χ1v) is 3.04. The SMILES string of the molecule is CCC(C(=O)[O-])(C(=O)[O-])C(=O)[O-].[Na+].[Na+].[Na+]. The molecule has 0 atom stereocenters. The van der Waals surface area contributed by atoms with Crippen LogP contribution >= 0.6 is 0 Å². The van der Waals surface area contributed by atoms with Crippen LogP contribution in [0, 0.1) is 5.41 Å². The van der Waals surface area contributed by atoms with Crippen molar-refractivity contribution < 1.29 is 118 Å². The monoisotopic (exact) mass is 242 g/mol. The molecule has 0 aromatic rings. The first kappa shape index (κ1) is 25.3. The second kappa shape index (κ2) is 10.6. The second-order valence-electron chi connectivity index (χ2n) is 2.12. The molecule has 0 aliphatic heterocycles. The molecule has 0 amide bonds. The van der Waals surface area contributed by atoms with Gasteiger partial charge in [0, 0.05) is 0 Å². The smallest absolute Gasteiger partial charge is 0.549 e. The van der Waals surface area contributed by atoms with Crippen LogP contribution in [-0.2, 0) is 14.4 Å². The molecule has 0 aliphatic rings. The van der Waals surface area contributed by atoms with Crippen LogP contribution in [0.4, 0.5) is 0 Å². The van der Waals surface area contributed by atoms with Crippen molar-refractivity contribution in [1.29, 1.82) is 0 Å². The van der Waals surface area contributed by atoms with Crippen molar-refractivity contribution in [1.82, 2.24) is 0 Å². The summed E-state index contributed by atoms with van der Waals surface area (Å²) in [5.74, 6) is -6.69. The van der Waals surface area contributed by atoms with Gasteiger partial charge in [-0.3, -0.25) is 0 Å². The fourth-order valence-electron chi connectivity index (χ4n) is 0.683. The Morgan fingerprint density at radius 3 is 1.07 bits per heavy atom. The fourth-order valence-corrected chi connectivity index (χ4v) is 0.683. The number of rotatable bonds is 4. The van der Waals surface area contributed by atoms with Gasteiger partial charge in [0.1, 0.15) is 0 Å². The van der Waals surface area contributed by atoms with Crippen molar-refractivity contribution in [3.05, 3.63) is 0 Å². The molecule has 0 aliphatic carbocycles. The predicted molar refractivity (Wildman–Crippen MR) is 27.7 cm³/mol. The average molecular weight is 242 g/mol. The van der Waals surface area contributed by atoms with Gasteiger partial charge in [0.2, 0.25) is 0 Å². The summed E-state index contributed by atoms with van der Waals surface area (Å²) in [5, 5.41) is 30.5. The van der Waals surface area contributed by atoms with E-state index >= 15 is 0 Å². The summed E-state index contributed by atoms with van der Waals surface area (Å²) in [7, 11) is 0. The minimum atomic E-state index is -3.04. The molecular formula is C6H5Na3O6. The summed E-state index contributed by atoms with van der Waals surface area (Å²) in [6.07, 6.45) is -0.681. The standard InChI is InChI=1S/C6H8O6.3Na/c1-2-6(3(7)8,4(9)10)5(11)12;;;/h2H2,1H3,(H,7,8)(H,9,10)(H,11,12);;;/q;3*+1/p-3. The summed E-state index contributed by atoms with van der Waals surface area (Å²) in [6, 6.07) is 0. The van der Waals surface area contributed by atoms with Gasteiger partial charge in [0.15, 0.2) is 0 Å². The zero-order valence-electron chi connectivity index (χ0n) is 9.16. The topological polar surface area (TPSA) is 120 Å². The first-order chi connectivity index (χ1) is 5.39. The van der Waals surface area contributed by atoms with Gasteiger partial charge in [-0.1, -0.05) is 6.92 Å². The molecule has 0 rings (SSSR count). The quantitative estimate of drug-likeness (QED) is 0.356. The van der Waals surface area contributed by atoms with Crippen molar-refractivity contribution in [2.24, 2.45) is 5.41 Å². The van der Waals surface area contributed by atoms with Gasteiger partial charge in [0.25, 0.3) is 0 Å². The summed E-state index contributed by atoms with van der Waals surface area (Å²) in [6.45, 7) is 1.07. The number of carbonyl (C=O) groups is 3. The molecule has 0 radical (unpaired) electrons. The summed E-state index contributed by atoms with van der Waals surface area (Å²) >= 11 is 0. The summed E-state index contributed by atoms with van der Waals surface area (Å²) in [4.78, 5) is 30.5. The van der Waals surface area contributed by atoms with Gasteiger partial charge < -0.3 is 29.7 Å². The molecule has 0 aromatic carbocycles. The van der Waals surface area contributed by atoms with Gasteiger partial charge in [-0.2, -0.15) is 0 Å². The van der Waals surface area contributed by atoms with Crippen molar-refractivity contribution in [3.8, 4) is 0 Å². The first-order valence-electron chi connectivity index (χ1n) is 3.04. The van der Waals surface area contributed by atoms with Crippen LogP contribution in [-0.4, -0.2) is 17.9 Å². The zero-order valence-corrected chi connectivity index (χ0v) is 15.2. The number of hydrogen-bond acceptors (Lipinski definition) is 6. The molecule has 6 nitrogen and oxygen atoms in total. The van der Waals surface area contributed by atoms with Crippen molar-refractivity contribution in [2.75, 3.05) is 0 Å². The maximum Gasteiger partial charge on any atom is 1.00 e. The Hall–Kier alpha value is 1.41. The van der Waals surface area contributed by atoms with E-state index in [-0.39, 0.29) is 88.7 Å². The van der Waals surface area contributed by atoms with Crippen LogP contribution in [0.15, 0.2) is 0 Å². The molecule has 0 aromatic heterocycles. The van der Waals surface area contributed by atoms with E-state index in [9.17, 15) is 29.7 Å². The van der Waals surface area contributed by atoms with E-state index in [0.717, 1.165) is 6.92 Å². The Bertz CT molecular complexity index is 205. The minimum absolute atomic E-state index is 0. The molecule has 0 N–H and O–H groups in total. The van der Waals surface area contributed by atoms with E-state index in [1.807, 2.05) is 0 Å². The number of aliphatic carboxylic acids is 3. The largest absolute Gasteiger partial charge is 1.00 e. The second-order valence-corrected chi connectivity index (χ2v) is 2.12. The Morgan fingerprint density at radius 2 is 1.07 bits per heavy atom. The normalized spacial score (nSPS) is 8.60. The molecule has 68 valence electrons. The van der Waals surface area contributed by atoms with Gasteiger partial charge >= 0.3 is 88.7 Å². The van der Waals surface area contributed by atoms with Crippen LogP contribution < -0.4 is 104 Å². The average Bonchev–Trinajstić information content (AvgIpc) is 1.86. The Labute approximate surface area is 153 Å². The van der Waals surface area contributed by atoms with E-state index in [0.29, 0.717) is 0 Å². The van der Waals surface area contributed by atoms with E-state index < -0.39 is 29.7 Å². The minimum Gasteiger partial charge on any atom is -0.549 e. The Balaban J connectivity index is -0.000000202. The molecule has 15 heavy (non-hydrogen) atoms.